The normalized spacial score (nSPS) is 15.6. The molecule has 4 rings (SSSR count). The molecule has 0 aromatic heterocycles. The van der Waals surface area contributed by atoms with Crippen molar-refractivity contribution in [2.75, 3.05) is 5.01 Å². The van der Waals surface area contributed by atoms with Crippen LogP contribution in [-0.2, 0) is 20.8 Å². The minimum absolute atomic E-state index is 0.0341. The number of amides is 3. The highest BCUT2D eigenvalue weighted by Gasteiger charge is 2.33. The number of benzene rings is 3. The number of anilines is 1. The van der Waals surface area contributed by atoms with Gasteiger partial charge >= 0.3 is 0 Å². The smallest absolute Gasteiger partial charge is 0.261 e. The second-order valence-electron chi connectivity index (χ2n) is 8.19. The second kappa shape index (κ2) is 9.87. The van der Waals surface area contributed by atoms with Gasteiger partial charge in [0, 0.05) is 5.56 Å². The third-order valence-electron chi connectivity index (χ3n) is 5.79. The van der Waals surface area contributed by atoms with Gasteiger partial charge in [-0.05, 0) is 48.7 Å². The summed E-state index contributed by atoms with van der Waals surface area (Å²) in [6.45, 7) is 3.38. The standard InChI is InChI=1S/C26H23Cl2N3O3/c1-15-18-7-3-4-8-19(18)20-9-5-6-10-23(20)31(26(15)34)30-25(33)16(2)29-24(32)14-17-11-12-21(27)22(28)13-17/h3-13,15-16H,14H2,1-2H3,(H,29,32)(H,30,33)/t15?,16-/m0/s1. The number of halogens is 2. The predicted molar refractivity (Wildman–Crippen MR) is 134 cm³/mol. The van der Waals surface area contributed by atoms with E-state index in [9.17, 15) is 14.4 Å². The first-order chi connectivity index (χ1) is 16.3. The van der Waals surface area contributed by atoms with Crippen LogP contribution in [0, 0.1) is 0 Å². The topological polar surface area (TPSA) is 78.5 Å². The van der Waals surface area contributed by atoms with E-state index in [4.69, 9.17) is 23.2 Å². The van der Waals surface area contributed by atoms with E-state index in [1.165, 1.54) is 5.01 Å². The molecular formula is C26H23Cl2N3O3. The van der Waals surface area contributed by atoms with E-state index in [1.54, 1.807) is 31.2 Å². The molecule has 2 N–H and O–H groups in total. The van der Waals surface area contributed by atoms with Crippen molar-refractivity contribution >= 4 is 46.6 Å². The molecular weight excluding hydrogens is 473 g/mol. The van der Waals surface area contributed by atoms with E-state index in [1.807, 2.05) is 49.4 Å². The van der Waals surface area contributed by atoms with E-state index in [0.717, 1.165) is 16.7 Å². The van der Waals surface area contributed by atoms with Crippen molar-refractivity contribution in [1.82, 2.24) is 10.7 Å². The number of fused-ring (bicyclic) bond motifs is 3. The van der Waals surface area contributed by atoms with Gasteiger partial charge in [0.05, 0.1) is 28.1 Å². The molecule has 34 heavy (non-hydrogen) atoms. The Balaban J connectivity index is 1.51. The number of hydrazine groups is 1. The van der Waals surface area contributed by atoms with Gasteiger partial charge in [0.15, 0.2) is 0 Å². The van der Waals surface area contributed by atoms with Gasteiger partial charge in [-0.3, -0.25) is 19.8 Å². The third kappa shape index (κ3) is 4.79. The third-order valence-corrected chi connectivity index (χ3v) is 6.53. The minimum atomic E-state index is -0.879. The van der Waals surface area contributed by atoms with Gasteiger partial charge in [-0.25, -0.2) is 5.01 Å². The molecule has 3 aromatic carbocycles. The van der Waals surface area contributed by atoms with E-state index in [-0.39, 0.29) is 18.2 Å². The fourth-order valence-corrected chi connectivity index (χ4v) is 4.30. The van der Waals surface area contributed by atoms with Crippen molar-refractivity contribution < 1.29 is 14.4 Å². The molecule has 0 aliphatic carbocycles. The molecule has 174 valence electrons. The Bertz CT molecular complexity index is 1280. The Morgan fingerprint density at radius 2 is 1.65 bits per heavy atom. The van der Waals surface area contributed by atoms with Gasteiger partial charge in [0.25, 0.3) is 11.8 Å². The molecule has 1 aliphatic heterocycles. The summed E-state index contributed by atoms with van der Waals surface area (Å²) in [5, 5.41) is 4.70. The van der Waals surface area contributed by atoms with Crippen LogP contribution in [0.4, 0.5) is 5.69 Å². The van der Waals surface area contributed by atoms with Gasteiger partial charge in [-0.15, -0.1) is 0 Å². The fourth-order valence-electron chi connectivity index (χ4n) is 3.98. The molecule has 0 saturated carbocycles. The summed E-state index contributed by atoms with van der Waals surface area (Å²) < 4.78 is 0. The van der Waals surface area contributed by atoms with Crippen molar-refractivity contribution in [1.29, 1.82) is 0 Å². The van der Waals surface area contributed by atoms with Gasteiger partial charge in [0.2, 0.25) is 5.91 Å². The lowest BCUT2D eigenvalue weighted by Gasteiger charge is -2.27. The molecule has 3 amide bonds. The zero-order valence-corrected chi connectivity index (χ0v) is 20.2. The highest BCUT2D eigenvalue weighted by molar-refractivity contribution is 6.42. The van der Waals surface area contributed by atoms with Crippen molar-refractivity contribution in [3.8, 4) is 11.1 Å². The van der Waals surface area contributed by atoms with Crippen LogP contribution in [0.15, 0.2) is 66.7 Å². The Hall–Kier alpha value is -3.35. The zero-order chi connectivity index (χ0) is 24.4. The first-order valence-electron chi connectivity index (χ1n) is 10.8. The van der Waals surface area contributed by atoms with Crippen LogP contribution in [0.2, 0.25) is 10.0 Å². The fraction of sp³-hybridized carbons (Fsp3) is 0.192. The van der Waals surface area contributed by atoms with Crippen LogP contribution < -0.4 is 15.8 Å². The lowest BCUT2D eigenvalue weighted by Crippen LogP contribution is -2.54. The molecule has 0 saturated heterocycles. The van der Waals surface area contributed by atoms with Crippen molar-refractivity contribution in [3.63, 3.8) is 0 Å². The Labute approximate surface area is 207 Å². The van der Waals surface area contributed by atoms with E-state index < -0.39 is 17.9 Å². The molecule has 3 aromatic rings. The Kier molecular flexibility index (Phi) is 6.91. The summed E-state index contributed by atoms with van der Waals surface area (Å²) in [6.07, 6.45) is 0.0341. The maximum atomic E-state index is 13.4. The lowest BCUT2D eigenvalue weighted by atomic mass is 9.92. The van der Waals surface area contributed by atoms with Gasteiger partial charge < -0.3 is 5.32 Å². The predicted octanol–water partition coefficient (Wildman–Crippen LogP) is 4.89. The lowest BCUT2D eigenvalue weighted by molar-refractivity contribution is -0.130. The Morgan fingerprint density at radius 3 is 2.38 bits per heavy atom. The maximum absolute atomic E-state index is 13.4. The molecule has 0 spiro atoms. The highest BCUT2D eigenvalue weighted by atomic mass is 35.5. The van der Waals surface area contributed by atoms with Crippen LogP contribution in [-0.4, -0.2) is 23.8 Å². The number of nitrogens with one attached hydrogen (secondary N) is 2. The molecule has 2 atom stereocenters. The molecule has 6 nitrogen and oxygen atoms in total. The molecule has 8 heteroatoms. The zero-order valence-electron chi connectivity index (χ0n) is 18.6. The number of carbonyl (C=O) groups excluding carboxylic acids is 3. The summed E-state index contributed by atoms with van der Waals surface area (Å²) in [5.41, 5.74) is 6.62. The summed E-state index contributed by atoms with van der Waals surface area (Å²) >= 11 is 11.9. The molecule has 0 fully saturated rings. The van der Waals surface area contributed by atoms with E-state index in [0.29, 0.717) is 21.3 Å². The first-order valence-corrected chi connectivity index (χ1v) is 11.6. The summed E-state index contributed by atoms with van der Waals surface area (Å²) in [6, 6.07) is 19.2. The summed E-state index contributed by atoms with van der Waals surface area (Å²) in [4.78, 5) is 38.8. The molecule has 1 unspecified atom stereocenters. The van der Waals surface area contributed by atoms with Crippen LogP contribution in [0.5, 0.6) is 0 Å². The van der Waals surface area contributed by atoms with Crippen molar-refractivity contribution in [2.45, 2.75) is 32.2 Å². The second-order valence-corrected chi connectivity index (χ2v) is 9.00. The maximum Gasteiger partial charge on any atom is 0.261 e. The largest absolute Gasteiger partial charge is 0.344 e. The molecule has 1 heterocycles. The van der Waals surface area contributed by atoms with Crippen LogP contribution >= 0.6 is 23.2 Å². The van der Waals surface area contributed by atoms with Crippen LogP contribution in [0.25, 0.3) is 11.1 Å². The number of hydrogen-bond donors (Lipinski definition) is 2. The SMILES string of the molecule is CC1C(=O)N(NC(=O)[C@H](C)NC(=O)Cc2ccc(Cl)c(Cl)c2)c2ccccc2-c2ccccc21. The summed E-state index contributed by atoms with van der Waals surface area (Å²) in [5.74, 6) is -1.60. The quantitative estimate of drug-likeness (QED) is 0.528. The number of rotatable bonds is 5. The number of para-hydroxylation sites is 1. The van der Waals surface area contributed by atoms with E-state index >= 15 is 0 Å². The highest BCUT2D eigenvalue weighted by Crippen LogP contribution is 2.39. The van der Waals surface area contributed by atoms with Gasteiger partial charge in [-0.2, -0.15) is 0 Å². The molecule has 0 radical (unpaired) electrons. The average Bonchev–Trinajstić information content (AvgIpc) is 2.91. The van der Waals surface area contributed by atoms with Crippen molar-refractivity contribution in [3.05, 3.63) is 87.9 Å². The Morgan fingerprint density at radius 1 is 0.971 bits per heavy atom. The van der Waals surface area contributed by atoms with Crippen LogP contribution in [0.1, 0.15) is 30.9 Å². The first kappa shape index (κ1) is 23.8. The van der Waals surface area contributed by atoms with Crippen LogP contribution in [0.3, 0.4) is 0 Å². The van der Waals surface area contributed by atoms with Crippen molar-refractivity contribution in [2.24, 2.45) is 0 Å². The summed E-state index contributed by atoms with van der Waals surface area (Å²) in [7, 11) is 0. The molecule has 0 bridgehead atoms. The number of nitrogens with zero attached hydrogens (tertiary/aromatic N) is 1. The monoisotopic (exact) mass is 495 g/mol. The number of hydrogen-bond acceptors (Lipinski definition) is 3. The van der Waals surface area contributed by atoms with Gasteiger partial charge in [-0.1, -0.05) is 71.7 Å². The van der Waals surface area contributed by atoms with Gasteiger partial charge in [0.1, 0.15) is 6.04 Å². The molecule has 1 aliphatic rings. The minimum Gasteiger partial charge on any atom is -0.344 e. The average molecular weight is 496 g/mol. The van der Waals surface area contributed by atoms with E-state index in [2.05, 4.69) is 10.7 Å². The number of carbonyl (C=O) groups is 3.